The van der Waals surface area contributed by atoms with Crippen molar-refractivity contribution in [2.75, 3.05) is 0 Å². The van der Waals surface area contributed by atoms with Crippen molar-refractivity contribution in [2.24, 2.45) is 5.41 Å². The molecule has 110 valence electrons. The Bertz CT molecular complexity index is 786. The van der Waals surface area contributed by atoms with E-state index in [0.717, 1.165) is 40.5 Å². The van der Waals surface area contributed by atoms with Gasteiger partial charge in [-0.2, -0.15) is 0 Å². The molecule has 1 aliphatic carbocycles. The molecular weight excluding hydrogens is 284 g/mol. The lowest BCUT2D eigenvalue weighted by Gasteiger charge is -2.30. The highest BCUT2D eigenvalue weighted by Gasteiger charge is 2.28. The normalized spacial score (nSPS) is 16.7. The minimum absolute atomic E-state index is 0.000567. The summed E-state index contributed by atoms with van der Waals surface area (Å²) in [6, 6.07) is 5.40. The molecule has 0 atom stereocenters. The van der Waals surface area contributed by atoms with Gasteiger partial charge >= 0.3 is 5.97 Å². The molecule has 21 heavy (non-hydrogen) atoms. The van der Waals surface area contributed by atoms with E-state index in [-0.39, 0.29) is 17.3 Å². The minimum Gasteiger partial charge on any atom is -0.481 e. The molecule has 2 aromatic rings. The molecular formula is C17H18O3S. The van der Waals surface area contributed by atoms with Gasteiger partial charge in [-0.1, -0.05) is 19.9 Å². The van der Waals surface area contributed by atoms with E-state index in [1.165, 1.54) is 4.88 Å². The van der Waals surface area contributed by atoms with E-state index in [0.29, 0.717) is 0 Å². The molecule has 0 unspecified atom stereocenters. The first kappa shape index (κ1) is 14.3. The molecule has 0 spiro atoms. The van der Waals surface area contributed by atoms with Crippen LogP contribution in [0.1, 0.15) is 36.3 Å². The summed E-state index contributed by atoms with van der Waals surface area (Å²) < 4.78 is 0.912. The molecule has 1 heterocycles. The SMILES string of the molecule is CC1(C)CCc2c(sc3cc(CC(=O)O)ccc3c2=O)C1. The summed E-state index contributed by atoms with van der Waals surface area (Å²) in [5.41, 5.74) is 2.09. The number of benzene rings is 1. The second-order valence-electron chi connectivity index (χ2n) is 6.57. The summed E-state index contributed by atoms with van der Waals surface area (Å²) in [6.07, 6.45) is 2.83. The van der Waals surface area contributed by atoms with Gasteiger partial charge in [0.2, 0.25) is 0 Å². The zero-order valence-corrected chi connectivity index (χ0v) is 13.0. The van der Waals surface area contributed by atoms with E-state index in [2.05, 4.69) is 13.8 Å². The Morgan fingerprint density at radius 2 is 2.14 bits per heavy atom. The van der Waals surface area contributed by atoms with Gasteiger partial charge in [0.05, 0.1) is 6.42 Å². The molecule has 0 saturated heterocycles. The van der Waals surface area contributed by atoms with Crippen molar-refractivity contribution in [3.63, 3.8) is 0 Å². The van der Waals surface area contributed by atoms with Crippen LogP contribution >= 0.6 is 11.3 Å². The molecule has 0 bridgehead atoms. The summed E-state index contributed by atoms with van der Waals surface area (Å²) in [7, 11) is 0. The van der Waals surface area contributed by atoms with Gasteiger partial charge in [0.15, 0.2) is 5.43 Å². The highest BCUT2D eigenvalue weighted by Crippen LogP contribution is 2.37. The van der Waals surface area contributed by atoms with Crippen LogP contribution in [-0.2, 0) is 24.1 Å². The van der Waals surface area contributed by atoms with E-state index < -0.39 is 5.97 Å². The van der Waals surface area contributed by atoms with Crippen LogP contribution in [-0.4, -0.2) is 11.1 Å². The van der Waals surface area contributed by atoms with Crippen LogP contribution in [0.4, 0.5) is 0 Å². The minimum atomic E-state index is -0.846. The van der Waals surface area contributed by atoms with Gasteiger partial charge < -0.3 is 5.11 Å². The van der Waals surface area contributed by atoms with Crippen LogP contribution in [0.2, 0.25) is 0 Å². The van der Waals surface area contributed by atoms with Gasteiger partial charge in [0.1, 0.15) is 0 Å². The lowest BCUT2D eigenvalue weighted by Crippen LogP contribution is -2.26. The van der Waals surface area contributed by atoms with E-state index in [1.807, 2.05) is 6.07 Å². The number of hydrogen-bond acceptors (Lipinski definition) is 3. The standard InChI is InChI=1S/C17H18O3S/c1-17(2)6-5-12-14(9-17)21-13-7-10(8-15(18)19)3-4-11(13)16(12)20/h3-4,7H,5-6,8-9H2,1-2H3,(H,18,19). The smallest absolute Gasteiger partial charge is 0.307 e. The van der Waals surface area contributed by atoms with E-state index in [4.69, 9.17) is 5.11 Å². The van der Waals surface area contributed by atoms with Gasteiger partial charge in [-0.05, 0) is 42.4 Å². The van der Waals surface area contributed by atoms with E-state index >= 15 is 0 Å². The molecule has 3 nitrogen and oxygen atoms in total. The maximum Gasteiger partial charge on any atom is 0.307 e. The summed E-state index contributed by atoms with van der Waals surface area (Å²) in [5, 5.41) is 9.63. The molecule has 0 radical (unpaired) electrons. The first-order valence-corrected chi connectivity index (χ1v) is 7.97. The molecule has 0 saturated carbocycles. The second-order valence-corrected chi connectivity index (χ2v) is 7.71. The molecule has 0 aliphatic heterocycles. The fourth-order valence-electron chi connectivity index (χ4n) is 2.99. The molecule has 1 aromatic heterocycles. The van der Waals surface area contributed by atoms with Gasteiger partial charge in [-0.3, -0.25) is 9.59 Å². The average Bonchev–Trinajstić information content (AvgIpc) is 2.36. The van der Waals surface area contributed by atoms with Crippen molar-refractivity contribution >= 4 is 27.4 Å². The zero-order chi connectivity index (χ0) is 15.2. The number of carbonyl (C=O) groups is 1. The Morgan fingerprint density at radius 1 is 1.38 bits per heavy atom. The van der Waals surface area contributed by atoms with Crippen LogP contribution in [0.5, 0.6) is 0 Å². The molecule has 1 N–H and O–H groups in total. The van der Waals surface area contributed by atoms with Gasteiger partial charge in [0.25, 0.3) is 0 Å². The van der Waals surface area contributed by atoms with Crippen LogP contribution in [0.3, 0.4) is 0 Å². The monoisotopic (exact) mass is 302 g/mol. The molecule has 4 heteroatoms. The Kier molecular flexibility index (Phi) is 3.36. The average molecular weight is 302 g/mol. The van der Waals surface area contributed by atoms with Crippen molar-refractivity contribution in [3.05, 3.63) is 44.4 Å². The van der Waals surface area contributed by atoms with Crippen molar-refractivity contribution in [2.45, 2.75) is 39.5 Å². The number of aliphatic carboxylic acids is 1. The van der Waals surface area contributed by atoms with Crippen molar-refractivity contribution in [3.8, 4) is 0 Å². The first-order chi connectivity index (χ1) is 9.85. The van der Waals surface area contributed by atoms with Crippen molar-refractivity contribution in [1.82, 2.24) is 0 Å². The number of hydrogen-bond donors (Lipinski definition) is 1. The zero-order valence-electron chi connectivity index (χ0n) is 12.2. The lowest BCUT2D eigenvalue weighted by molar-refractivity contribution is -0.136. The fraction of sp³-hybridized carbons (Fsp3) is 0.412. The quantitative estimate of drug-likeness (QED) is 0.925. The highest BCUT2D eigenvalue weighted by molar-refractivity contribution is 7.18. The summed E-state index contributed by atoms with van der Waals surface area (Å²) in [6.45, 7) is 4.47. The van der Waals surface area contributed by atoms with Crippen LogP contribution in [0.15, 0.2) is 23.0 Å². The number of carboxylic acids is 1. The molecule has 0 amide bonds. The van der Waals surface area contributed by atoms with Crippen LogP contribution < -0.4 is 5.43 Å². The van der Waals surface area contributed by atoms with Crippen molar-refractivity contribution in [1.29, 1.82) is 0 Å². The third-order valence-electron chi connectivity index (χ3n) is 4.18. The highest BCUT2D eigenvalue weighted by atomic mass is 32.1. The van der Waals surface area contributed by atoms with Crippen molar-refractivity contribution < 1.29 is 9.90 Å². The van der Waals surface area contributed by atoms with Gasteiger partial charge in [-0.15, -0.1) is 11.3 Å². The van der Waals surface area contributed by atoms with E-state index in [1.54, 1.807) is 23.5 Å². The Balaban J connectivity index is 2.16. The van der Waals surface area contributed by atoms with E-state index in [9.17, 15) is 9.59 Å². The Labute approximate surface area is 127 Å². The molecule has 0 fully saturated rings. The largest absolute Gasteiger partial charge is 0.481 e. The number of rotatable bonds is 2. The Morgan fingerprint density at radius 3 is 2.86 bits per heavy atom. The number of fused-ring (bicyclic) bond motifs is 2. The van der Waals surface area contributed by atoms with Gasteiger partial charge in [-0.25, -0.2) is 0 Å². The first-order valence-electron chi connectivity index (χ1n) is 7.15. The lowest BCUT2D eigenvalue weighted by atomic mass is 9.77. The number of carboxylic acid groups (broad SMARTS) is 1. The molecule has 3 rings (SSSR count). The predicted octanol–water partition coefficient (Wildman–Crippen LogP) is 3.40. The molecule has 1 aliphatic rings. The third-order valence-corrected chi connectivity index (χ3v) is 5.38. The molecule has 1 aromatic carbocycles. The summed E-state index contributed by atoms with van der Waals surface area (Å²) in [4.78, 5) is 24.6. The second kappa shape index (κ2) is 4.95. The maximum atomic E-state index is 12.6. The predicted molar refractivity (Wildman–Crippen MR) is 85.2 cm³/mol. The van der Waals surface area contributed by atoms with Crippen LogP contribution in [0.25, 0.3) is 10.1 Å². The van der Waals surface area contributed by atoms with Crippen LogP contribution in [0, 0.1) is 5.41 Å². The fourth-order valence-corrected chi connectivity index (χ4v) is 4.52. The maximum absolute atomic E-state index is 12.6. The summed E-state index contributed by atoms with van der Waals surface area (Å²) >= 11 is 1.65. The Hall–Kier alpha value is -1.68. The van der Waals surface area contributed by atoms with Gasteiger partial charge in [0, 0.05) is 20.5 Å². The third kappa shape index (κ3) is 2.72. The summed E-state index contributed by atoms with van der Waals surface area (Å²) in [5.74, 6) is -0.846. The topological polar surface area (TPSA) is 54.4 Å².